The van der Waals surface area contributed by atoms with Gasteiger partial charge < -0.3 is 9.67 Å². The van der Waals surface area contributed by atoms with Crippen LogP contribution in [0.3, 0.4) is 0 Å². The number of fused-ring (bicyclic) bond motifs is 1. The van der Waals surface area contributed by atoms with Crippen molar-refractivity contribution in [2.24, 2.45) is 0 Å². The lowest BCUT2D eigenvalue weighted by Crippen LogP contribution is -2.54. The summed E-state index contributed by atoms with van der Waals surface area (Å²) in [7, 11) is 0. The smallest absolute Gasteiger partial charge is 0.360 e. The van der Waals surface area contributed by atoms with Gasteiger partial charge in [-0.3, -0.25) is 9.69 Å². The van der Waals surface area contributed by atoms with Gasteiger partial charge in [0.15, 0.2) is 0 Å². The lowest BCUT2D eigenvalue weighted by molar-refractivity contribution is 0.0171. The van der Waals surface area contributed by atoms with Crippen LogP contribution in [0.15, 0.2) is 29.1 Å². The molecule has 0 bridgehead atoms. The van der Waals surface area contributed by atoms with Crippen LogP contribution < -0.4 is 5.56 Å². The number of hydrogen-bond donors (Lipinski definition) is 1. The molecule has 29 heavy (non-hydrogen) atoms. The second-order valence-corrected chi connectivity index (χ2v) is 8.69. The van der Waals surface area contributed by atoms with E-state index in [1.807, 2.05) is 25.1 Å². The molecule has 2 fully saturated rings. The zero-order valence-corrected chi connectivity index (χ0v) is 17.2. The SMILES string of the molecule is C[C@@H](C[C@@H]1CCN1C1CCCCCCC1)n1c(=O)c(C(=O)O)nc2ccccc21. The van der Waals surface area contributed by atoms with Gasteiger partial charge in [0.25, 0.3) is 5.56 Å². The van der Waals surface area contributed by atoms with E-state index in [1.54, 1.807) is 10.6 Å². The van der Waals surface area contributed by atoms with Crippen LogP contribution in [0.1, 0.15) is 81.2 Å². The van der Waals surface area contributed by atoms with Crippen LogP contribution in [0.5, 0.6) is 0 Å². The van der Waals surface area contributed by atoms with Crippen LogP contribution in [0.25, 0.3) is 11.0 Å². The summed E-state index contributed by atoms with van der Waals surface area (Å²) in [4.78, 5) is 31.2. The van der Waals surface area contributed by atoms with E-state index in [1.165, 1.54) is 44.9 Å². The van der Waals surface area contributed by atoms with Crippen molar-refractivity contribution in [2.45, 2.75) is 82.8 Å². The predicted octanol–water partition coefficient (Wildman–Crippen LogP) is 4.23. The van der Waals surface area contributed by atoms with Crippen LogP contribution in [0.2, 0.25) is 0 Å². The van der Waals surface area contributed by atoms with Gasteiger partial charge in [0.1, 0.15) is 0 Å². The maximum absolute atomic E-state index is 12.9. The van der Waals surface area contributed by atoms with Crippen molar-refractivity contribution in [3.05, 3.63) is 40.3 Å². The molecule has 1 aromatic heterocycles. The molecule has 1 saturated heterocycles. The van der Waals surface area contributed by atoms with Crippen LogP contribution >= 0.6 is 0 Å². The van der Waals surface area contributed by atoms with Crippen molar-refractivity contribution in [2.75, 3.05) is 6.54 Å². The third kappa shape index (κ3) is 4.08. The number of likely N-dealkylation sites (tertiary alicyclic amines) is 1. The van der Waals surface area contributed by atoms with Gasteiger partial charge in [-0.05, 0) is 44.7 Å². The first kappa shape index (κ1) is 20.1. The van der Waals surface area contributed by atoms with Crippen LogP contribution in [-0.2, 0) is 0 Å². The number of carbonyl (C=O) groups is 1. The third-order valence-corrected chi connectivity index (χ3v) is 6.78. The fourth-order valence-electron chi connectivity index (χ4n) is 5.19. The normalized spacial score (nSPS) is 22.6. The number of benzene rings is 1. The predicted molar refractivity (Wildman–Crippen MR) is 114 cm³/mol. The van der Waals surface area contributed by atoms with Crippen molar-refractivity contribution in [1.82, 2.24) is 14.5 Å². The van der Waals surface area contributed by atoms with Crippen molar-refractivity contribution in [1.29, 1.82) is 0 Å². The molecule has 2 heterocycles. The highest BCUT2D eigenvalue weighted by molar-refractivity contribution is 5.88. The minimum absolute atomic E-state index is 0.0742. The number of carboxylic acids is 1. The summed E-state index contributed by atoms with van der Waals surface area (Å²) in [6.07, 6.45) is 11.3. The second-order valence-electron chi connectivity index (χ2n) is 8.69. The van der Waals surface area contributed by atoms with E-state index in [2.05, 4.69) is 9.88 Å². The lowest BCUT2D eigenvalue weighted by atomic mass is 9.88. The Hall–Kier alpha value is -2.21. The minimum Gasteiger partial charge on any atom is -0.476 e. The summed E-state index contributed by atoms with van der Waals surface area (Å²) in [6, 6.07) is 8.39. The number of nitrogens with zero attached hydrogens (tertiary/aromatic N) is 3. The van der Waals surface area contributed by atoms with Crippen molar-refractivity contribution >= 4 is 17.0 Å². The molecule has 6 nitrogen and oxygen atoms in total. The second kappa shape index (κ2) is 8.66. The van der Waals surface area contributed by atoms with Gasteiger partial charge in [0, 0.05) is 24.7 Å². The number of rotatable bonds is 5. The van der Waals surface area contributed by atoms with Crippen molar-refractivity contribution < 1.29 is 9.90 Å². The zero-order valence-electron chi connectivity index (χ0n) is 17.2. The monoisotopic (exact) mass is 397 g/mol. The number of aromatic carboxylic acids is 1. The van der Waals surface area contributed by atoms with Crippen molar-refractivity contribution in [3.8, 4) is 0 Å². The molecule has 1 aliphatic heterocycles. The van der Waals surface area contributed by atoms with Gasteiger partial charge in [-0.1, -0.05) is 44.2 Å². The first-order valence-corrected chi connectivity index (χ1v) is 11.1. The van der Waals surface area contributed by atoms with E-state index < -0.39 is 11.5 Å². The Kier molecular flexibility index (Phi) is 5.99. The topological polar surface area (TPSA) is 75.4 Å². The highest BCUT2D eigenvalue weighted by atomic mass is 16.4. The molecule has 0 spiro atoms. The lowest BCUT2D eigenvalue weighted by Gasteiger charge is -2.48. The first-order chi connectivity index (χ1) is 14.1. The van der Waals surface area contributed by atoms with E-state index in [4.69, 9.17) is 0 Å². The molecule has 2 atom stereocenters. The van der Waals surface area contributed by atoms with Crippen LogP contribution in [0.4, 0.5) is 0 Å². The van der Waals surface area contributed by atoms with Gasteiger partial charge in [-0.25, -0.2) is 9.78 Å². The minimum atomic E-state index is -1.26. The fraction of sp³-hybridized carbons (Fsp3) is 0.609. The molecule has 6 heteroatoms. The Morgan fingerprint density at radius 3 is 2.48 bits per heavy atom. The Morgan fingerprint density at radius 2 is 1.83 bits per heavy atom. The molecule has 0 radical (unpaired) electrons. The maximum Gasteiger partial charge on any atom is 0.360 e. The van der Waals surface area contributed by atoms with Crippen LogP contribution in [0, 0.1) is 0 Å². The Morgan fingerprint density at radius 1 is 1.14 bits per heavy atom. The van der Waals surface area contributed by atoms with Crippen molar-refractivity contribution in [3.63, 3.8) is 0 Å². The molecule has 0 unspecified atom stereocenters. The Labute approximate surface area is 171 Å². The highest BCUT2D eigenvalue weighted by Crippen LogP contribution is 2.33. The summed E-state index contributed by atoms with van der Waals surface area (Å²) in [5, 5.41) is 9.45. The molecule has 2 aromatic rings. The first-order valence-electron chi connectivity index (χ1n) is 11.1. The quantitative estimate of drug-likeness (QED) is 0.817. The van der Waals surface area contributed by atoms with E-state index in [0.29, 0.717) is 23.1 Å². The average molecular weight is 398 g/mol. The molecule has 1 aromatic carbocycles. The highest BCUT2D eigenvalue weighted by Gasteiger charge is 2.35. The number of carboxylic acid groups (broad SMARTS) is 1. The summed E-state index contributed by atoms with van der Waals surface area (Å²) in [5.41, 5.74) is 0.384. The van der Waals surface area contributed by atoms with E-state index in [0.717, 1.165) is 19.4 Å². The maximum atomic E-state index is 12.9. The molecule has 4 rings (SSSR count). The van der Waals surface area contributed by atoms with Gasteiger partial charge in [-0.2, -0.15) is 0 Å². The Balaban J connectivity index is 1.57. The van der Waals surface area contributed by atoms with E-state index in [9.17, 15) is 14.7 Å². The molecule has 156 valence electrons. The molecule has 1 N–H and O–H groups in total. The molecule has 0 amide bonds. The molecule has 1 aliphatic carbocycles. The van der Waals surface area contributed by atoms with Gasteiger partial charge in [0.2, 0.25) is 5.69 Å². The summed E-state index contributed by atoms with van der Waals surface area (Å²) in [5.74, 6) is -1.26. The number of para-hydroxylation sites is 2. The number of aromatic nitrogens is 2. The summed E-state index contributed by atoms with van der Waals surface area (Å²) >= 11 is 0. The van der Waals surface area contributed by atoms with E-state index in [-0.39, 0.29) is 11.7 Å². The van der Waals surface area contributed by atoms with Crippen LogP contribution in [-0.4, -0.2) is 44.2 Å². The third-order valence-electron chi connectivity index (χ3n) is 6.78. The standard InChI is InChI=1S/C23H31N3O3/c1-16(15-18-13-14-25(18)17-9-5-3-2-4-6-10-17)26-20-12-8-7-11-19(20)24-21(22(26)27)23(28)29/h7-8,11-12,16-18H,2-6,9-10,13-15H2,1H3,(H,28,29)/t16-,18-/m0/s1. The van der Waals surface area contributed by atoms with Gasteiger partial charge in [0.05, 0.1) is 11.0 Å². The van der Waals surface area contributed by atoms with Gasteiger partial charge >= 0.3 is 5.97 Å². The molecular weight excluding hydrogens is 366 g/mol. The molecule has 2 aliphatic rings. The Bertz CT molecular complexity index is 931. The average Bonchev–Trinajstić information content (AvgIpc) is 2.66. The summed E-state index contributed by atoms with van der Waals surface area (Å²) < 4.78 is 1.65. The zero-order chi connectivity index (χ0) is 20.4. The van der Waals surface area contributed by atoms with E-state index >= 15 is 0 Å². The number of hydrogen-bond acceptors (Lipinski definition) is 4. The molecule has 1 saturated carbocycles. The van der Waals surface area contributed by atoms with Gasteiger partial charge in [-0.15, -0.1) is 0 Å². The summed E-state index contributed by atoms with van der Waals surface area (Å²) in [6.45, 7) is 3.18. The largest absolute Gasteiger partial charge is 0.476 e. The molecular formula is C23H31N3O3. The fourth-order valence-corrected chi connectivity index (χ4v) is 5.19.